The minimum absolute atomic E-state index is 0. The van der Waals surface area contributed by atoms with Gasteiger partial charge in [0.1, 0.15) is 0 Å². The summed E-state index contributed by atoms with van der Waals surface area (Å²) < 4.78 is 33.1. The Labute approximate surface area is 237 Å². The third-order valence-electron chi connectivity index (χ3n) is 6.06. The Hall–Kier alpha value is -3.43. The number of hydrogen-bond donors (Lipinski definition) is 0. The third-order valence-corrected chi connectivity index (χ3v) is 6.06. The second kappa shape index (κ2) is 11.3. The predicted octanol–water partition coefficient (Wildman–Crippen LogP) is 6.59. The van der Waals surface area contributed by atoms with Gasteiger partial charge < -0.3 is 13.9 Å². The summed E-state index contributed by atoms with van der Waals surface area (Å²) in [5.41, 5.74) is 6.28. The number of imidazole rings is 1. The Balaban J connectivity index is 0.00000370. The van der Waals surface area contributed by atoms with Gasteiger partial charge in [-0.3, -0.25) is 4.68 Å². The van der Waals surface area contributed by atoms with Gasteiger partial charge in [-0.25, -0.2) is 0 Å². The van der Waals surface area contributed by atoms with Gasteiger partial charge in [-0.15, -0.1) is 30.3 Å². The zero-order chi connectivity index (χ0) is 27.7. The van der Waals surface area contributed by atoms with E-state index in [2.05, 4.69) is 69.5 Å². The molecule has 5 nitrogen and oxygen atoms in total. The second-order valence-corrected chi connectivity index (χ2v) is 9.34. The van der Waals surface area contributed by atoms with Crippen LogP contribution in [-0.2, 0) is 28.0 Å². The van der Waals surface area contributed by atoms with Gasteiger partial charge in [-0.2, -0.15) is 23.3 Å². The minimum Gasteiger partial charge on any atom is -0.510 e. The van der Waals surface area contributed by atoms with Crippen LogP contribution in [0.4, 0.5) is 0 Å². The first-order valence-corrected chi connectivity index (χ1v) is 12.0. The van der Waals surface area contributed by atoms with Crippen LogP contribution >= 0.6 is 0 Å². The number of rotatable bonds is 7. The standard InChI is InChI=1S/C31H30N4O.Pt/c1-22(2)29-13-8-14-30(23(3)4)31(29)24-19-32-35(20-24)26-10-7-12-28(18-26)36-27-11-6-9-25(17-27)34-16-15-33(5)21-34;/h6-16,19-20,22-23H,1-5H3;/q-2;/i5D3;. The molecule has 192 valence electrons. The Morgan fingerprint density at radius 3 is 2.14 bits per heavy atom. The van der Waals surface area contributed by atoms with Crippen molar-refractivity contribution >= 4 is 0 Å². The van der Waals surface area contributed by atoms with Crippen molar-refractivity contribution in [3.8, 4) is 34.0 Å². The minimum atomic E-state index is -2.30. The summed E-state index contributed by atoms with van der Waals surface area (Å²) in [7, 11) is 0. The fourth-order valence-corrected chi connectivity index (χ4v) is 4.30. The molecule has 0 unspecified atom stereocenters. The largest absolute Gasteiger partial charge is 0.510 e. The fourth-order valence-electron chi connectivity index (χ4n) is 4.30. The molecule has 0 saturated carbocycles. The zero-order valence-electron chi connectivity index (χ0n) is 24.2. The van der Waals surface area contributed by atoms with Gasteiger partial charge in [-0.05, 0) is 34.2 Å². The van der Waals surface area contributed by atoms with Gasteiger partial charge in [0.15, 0.2) is 0 Å². The molecule has 0 radical (unpaired) electrons. The second-order valence-electron chi connectivity index (χ2n) is 9.34. The topological polar surface area (TPSA) is 35.9 Å². The van der Waals surface area contributed by atoms with Crippen molar-refractivity contribution in [2.24, 2.45) is 6.98 Å². The summed E-state index contributed by atoms with van der Waals surface area (Å²) >= 11 is 0. The van der Waals surface area contributed by atoms with E-state index in [1.807, 2.05) is 41.3 Å². The molecule has 2 heterocycles. The van der Waals surface area contributed by atoms with E-state index in [0.29, 0.717) is 29.0 Å². The van der Waals surface area contributed by atoms with Crippen LogP contribution in [0.5, 0.6) is 11.5 Å². The van der Waals surface area contributed by atoms with Crippen LogP contribution < -0.4 is 9.30 Å². The first-order valence-electron chi connectivity index (χ1n) is 13.5. The SMILES string of the molecule is [2H]C([2H])([2H])[n+]1[c-]n(-c2[c-]c(Oc3[c-]c(-n4cc(-c5c(C(C)C)cccc5C(C)C)cn4)ccc3)ccc2)cc1.[Pt]. The molecule has 3 aromatic carbocycles. The molecular formula is C31H30N4OPt-2. The Bertz CT molecular complexity index is 1580. The van der Waals surface area contributed by atoms with E-state index in [1.165, 1.54) is 22.9 Å². The van der Waals surface area contributed by atoms with Crippen molar-refractivity contribution in [3.05, 3.63) is 109 Å². The Morgan fingerprint density at radius 1 is 0.892 bits per heavy atom. The maximum absolute atomic E-state index is 7.54. The molecular weight excluding hydrogens is 639 g/mol. The Kier molecular flexibility index (Phi) is 6.95. The average Bonchev–Trinajstić information content (AvgIpc) is 3.59. The van der Waals surface area contributed by atoms with Gasteiger partial charge >= 0.3 is 0 Å². The number of hydrogen-bond acceptors (Lipinski definition) is 2. The molecule has 5 aromatic rings. The van der Waals surface area contributed by atoms with Gasteiger partial charge in [0.2, 0.25) is 6.33 Å². The summed E-state index contributed by atoms with van der Waals surface area (Å²) in [6, 6.07) is 24.1. The van der Waals surface area contributed by atoms with Gasteiger partial charge in [0, 0.05) is 56.7 Å². The van der Waals surface area contributed by atoms with E-state index in [0.717, 1.165) is 15.8 Å². The quantitative estimate of drug-likeness (QED) is 0.145. The van der Waals surface area contributed by atoms with Crippen molar-refractivity contribution in [2.75, 3.05) is 0 Å². The predicted molar refractivity (Wildman–Crippen MR) is 141 cm³/mol. The number of aryl methyl sites for hydroxylation is 1. The molecule has 0 aliphatic rings. The van der Waals surface area contributed by atoms with E-state index < -0.39 is 6.98 Å². The van der Waals surface area contributed by atoms with Crippen LogP contribution in [0.1, 0.15) is 54.8 Å². The maximum atomic E-state index is 7.54. The van der Waals surface area contributed by atoms with Gasteiger partial charge in [0.05, 0.1) is 17.3 Å². The van der Waals surface area contributed by atoms with Crippen molar-refractivity contribution in [2.45, 2.75) is 39.5 Å². The monoisotopic (exact) mass is 672 g/mol. The van der Waals surface area contributed by atoms with Crippen molar-refractivity contribution in [3.63, 3.8) is 0 Å². The molecule has 5 rings (SSSR count). The van der Waals surface area contributed by atoms with E-state index in [4.69, 9.17) is 8.85 Å². The van der Waals surface area contributed by atoms with Gasteiger partial charge in [-0.1, -0.05) is 51.6 Å². The molecule has 0 aliphatic carbocycles. The maximum Gasteiger partial charge on any atom is 0.241 e. The molecule has 6 heteroatoms. The number of aromatic nitrogens is 4. The number of nitrogens with zero attached hydrogens (tertiary/aromatic N) is 4. The molecule has 2 aromatic heterocycles. The van der Waals surface area contributed by atoms with Crippen LogP contribution in [-0.4, -0.2) is 14.3 Å². The van der Waals surface area contributed by atoms with E-state index in [-0.39, 0.29) is 21.1 Å². The summed E-state index contributed by atoms with van der Waals surface area (Å²) in [5.74, 6) is 1.76. The van der Waals surface area contributed by atoms with Crippen LogP contribution in [0.25, 0.3) is 22.5 Å². The molecule has 37 heavy (non-hydrogen) atoms. The number of benzene rings is 3. The first kappa shape index (κ1) is 22.7. The molecule has 0 spiro atoms. The van der Waals surface area contributed by atoms with Crippen LogP contribution in [0, 0.1) is 18.5 Å². The van der Waals surface area contributed by atoms with Crippen LogP contribution in [0.2, 0.25) is 0 Å². The summed E-state index contributed by atoms with van der Waals surface area (Å²) in [6.07, 6.45) is 9.81. The Morgan fingerprint density at radius 2 is 1.51 bits per heavy atom. The van der Waals surface area contributed by atoms with Crippen molar-refractivity contribution < 1.29 is 34.5 Å². The summed E-state index contributed by atoms with van der Waals surface area (Å²) in [5, 5.41) is 4.65. The van der Waals surface area contributed by atoms with Crippen LogP contribution in [0.15, 0.2) is 79.4 Å². The van der Waals surface area contributed by atoms with E-state index in [9.17, 15) is 0 Å². The zero-order valence-corrected chi connectivity index (χ0v) is 23.4. The average molecular weight is 673 g/mol. The molecule has 0 amide bonds. The van der Waals surface area contributed by atoms with E-state index in [1.54, 1.807) is 22.9 Å². The molecule has 0 bridgehead atoms. The summed E-state index contributed by atoms with van der Waals surface area (Å²) in [6.45, 7) is 6.57. The molecule has 0 N–H and O–H groups in total. The first-order chi connectivity index (χ1) is 18.6. The molecule has 0 saturated heterocycles. The van der Waals surface area contributed by atoms with Gasteiger partial charge in [0.25, 0.3) is 0 Å². The molecule has 0 aliphatic heterocycles. The van der Waals surface area contributed by atoms with E-state index >= 15 is 0 Å². The van der Waals surface area contributed by atoms with Crippen molar-refractivity contribution in [1.82, 2.24) is 14.3 Å². The number of ether oxygens (including phenoxy) is 1. The molecule has 0 atom stereocenters. The van der Waals surface area contributed by atoms with Crippen molar-refractivity contribution in [1.29, 1.82) is 0 Å². The third kappa shape index (κ3) is 5.78. The fraction of sp³-hybridized carbons (Fsp3) is 0.226. The molecule has 0 fully saturated rings. The summed E-state index contributed by atoms with van der Waals surface area (Å²) in [4.78, 5) is 0. The van der Waals surface area contributed by atoms with Crippen LogP contribution in [0.3, 0.4) is 0 Å². The normalized spacial score (nSPS) is 12.6. The smallest absolute Gasteiger partial charge is 0.241 e.